The van der Waals surface area contributed by atoms with Gasteiger partial charge in [-0.05, 0) is 50.0 Å². The first-order chi connectivity index (χ1) is 11.9. The summed E-state index contributed by atoms with van der Waals surface area (Å²) in [6, 6.07) is 5.70. The van der Waals surface area contributed by atoms with Gasteiger partial charge in [-0.2, -0.15) is 0 Å². The molecule has 0 aliphatic carbocycles. The Hall–Kier alpha value is -1.97. The highest BCUT2D eigenvalue weighted by atomic mass is 32.2. The Bertz CT molecular complexity index is 714. The molecule has 2 rings (SSSR count). The first-order valence-corrected chi connectivity index (χ1v) is 9.67. The zero-order valence-corrected chi connectivity index (χ0v) is 14.6. The minimum atomic E-state index is -3.69. The molecule has 0 spiro atoms. The fourth-order valence-electron chi connectivity index (χ4n) is 2.59. The van der Waals surface area contributed by atoms with Crippen molar-refractivity contribution >= 4 is 21.9 Å². The van der Waals surface area contributed by atoms with Gasteiger partial charge < -0.3 is 15.7 Å². The van der Waals surface area contributed by atoms with Crippen LogP contribution in [0.25, 0.3) is 0 Å². The van der Waals surface area contributed by atoms with Crippen molar-refractivity contribution in [3.05, 3.63) is 29.8 Å². The van der Waals surface area contributed by atoms with Crippen molar-refractivity contribution in [2.75, 3.05) is 26.2 Å². The van der Waals surface area contributed by atoms with Crippen molar-refractivity contribution < 1.29 is 23.1 Å². The summed E-state index contributed by atoms with van der Waals surface area (Å²) in [4.78, 5) is 22.5. The SMILES string of the molecule is O=C(O)CCNC(=O)c1cccc(S(=O)(=O)NCC2CCNCC2)c1. The second-order valence-electron chi connectivity index (χ2n) is 5.97. The maximum Gasteiger partial charge on any atom is 0.305 e. The predicted octanol–water partition coefficient (Wildman–Crippen LogP) is 0.169. The molecular formula is C16H23N3O5S. The maximum absolute atomic E-state index is 12.4. The average molecular weight is 369 g/mol. The van der Waals surface area contributed by atoms with Crippen LogP contribution in [0.3, 0.4) is 0 Å². The predicted molar refractivity (Wildman–Crippen MR) is 91.8 cm³/mol. The molecule has 1 aliphatic rings. The van der Waals surface area contributed by atoms with Crippen molar-refractivity contribution in [1.29, 1.82) is 0 Å². The molecule has 25 heavy (non-hydrogen) atoms. The molecule has 1 heterocycles. The second kappa shape index (κ2) is 8.93. The van der Waals surface area contributed by atoms with Crippen LogP contribution in [0.2, 0.25) is 0 Å². The Morgan fingerprint density at radius 1 is 1.24 bits per heavy atom. The Labute approximate surface area is 147 Å². The van der Waals surface area contributed by atoms with Gasteiger partial charge in [-0.25, -0.2) is 13.1 Å². The number of piperidine rings is 1. The summed E-state index contributed by atoms with van der Waals surface area (Å²) >= 11 is 0. The number of hydrogen-bond donors (Lipinski definition) is 4. The summed E-state index contributed by atoms with van der Waals surface area (Å²) in [6.07, 6.45) is 1.66. The van der Waals surface area contributed by atoms with E-state index in [4.69, 9.17) is 5.11 Å². The van der Waals surface area contributed by atoms with E-state index < -0.39 is 21.9 Å². The number of amides is 1. The highest BCUT2D eigenvalue weighted by Crippen LogP contribution is 2.14. The van der Waals surface area contributed by atoms with Gasteiger partial charge in [-0.1, -0.05) is 6.07 Å². The van der Waals surface area contributed by atoms with Gasteiger partial charge in [0.25, 0.3) is 5.91 Å². The zero-order chi connectivity index (χ0) is 18.3. The molecule has 8 nitrogen and oxygen atoms in total. The van der Waals surface area contributed by atoms with Crippen molar-refractivity contribution in [2.45, 2.75) is 24.2 Å². The molecule has 1 saturated heterocycles. The summed E-state index contributed by atoms with van der Waals surface area (Å²) < 4.78 is 27.4. The molecule has 138 valence electrons. The molecule has 0 atom stereocenters. The molecule has 1 fully saturated rings. The van der Waals surface area contributed by atoms with E-state index >= 15 is 0 Å². The van der Waals surface area contributed by atoms with Crippen LogP contribution in [-0.4, -0.2) is 51.6 Å². The van der Waals surface area contributed by atoms with E-state index in [9.17, 15) is 18.0 Å². The number of nitrogens with one attached hydrogen (secondary N) is 3. The van der Waals surface area contributed by atoms with E-state index in [1.165, 1.54) is 24.3 Å². The van der Waals surface area contributed by atoms with E-state index in [2.05, 4.69) is 15.4 Å². The van der Waals surface area contributed by atoms with Gasteiger partial charge in [0.2, 0.25) is 10.0 Å². The third-order valence-corrected chi connectivity index (χ3v) is 5.47. The van der Waals surface area contributed by atoms with Crippen LogP contribution in [0.1, 0.15) is 29.6 Å². The highest BCUT2D eigenvalue weighted by molar-refractivity contribution is 7.89. The zero-order valence-electron chi connectivity index (χ0n) is 13.8. The van der Waals surface area contributed by atoms with E-state index in [1.807, 2.05) is 0 Å². The van der Waals surface area contributed by atoms with Crippen LogP contribution >= 0.6 is 0 Å². The number of hydrogen-bond acceptors (Lipinski definition) is 5. The van der Waals surface area contributed by atoms with E-state index in [1.54, 1.807) is 0 Å². The first kappa shape index (κ1) is 19.4. The van der Waals surface area contributed by atoms with Crippen molar-refractivity contribution in [1.82, 2.24) is 15.4 Å². The molecule has 0 saturated carbocycles. The number of sulfonamides is 1. The van der Waals surface area contributed by atoms with Crippen molar-refractivity contribution in [2.24, 2.45) is 5.92 Å². The molecule has 1 aromatic carbocycles. The molecule has 1 aromatic rings. The Morgan fingerprint density at radius 2 is 1.96 bits per heavy atom. The lowest BCUT2D eigenvalue weighted by Gasteiger charge is -2.22. The van der Waals surface area contributed by atoms with E-state index in [-0.39, 0.29) is 23.4 Å². The Kier molecular flexibility index (Phi) is 6.91. The largest absolute Gasteiger partial charge is 0.481 e. The number of aliphatic carboxylic acids is 1. The molecule has 0 radical (unpaired) electrons. The molecule has 0 bridgehead atoms. The van der Waals surface area contributed by atoms with E-state index in [0.717, 1.165) is 25.9 Å². The number of rotatable bonds is 8. The lowest BCUT2D eigenvalue weighted by Crippen LogP contribution is -2.36. The average Bonchev–Trinajstić information content (AvgIpc) is 2.61. The number of carboxylic acid groups (broad SMARTS) is 1. The molecule has 0 aromatic heterocycles. The lowest BCUT2D eigenvalue weighted by molar-refractivity contribution is -0.136. The third kappa shape index (κ3) is 6.11. The molecule has 4 N–H and O–H groups in total. The van der Waals surface area contributed by atoms with Gasteiger partial charge in [-0.15, -0.1) is 0 Å². The molecular weight excluding hydrogens is 346 g/mol. The normalized spacial score (nSPS) is 15.7. The third-order valence-electron chi connectivity index (χ3n) is 4.05. The summed E-state index contributed by atoms with van der Waals surface area (Å²) in [5.74, 6) is -1.21. The number of carbonyl (C=O) groups excluding carboxylic acids is 1. The fourth-order valence-corrected chi connectivity index (χ4v) is 3.75. The van der Waals surface area contributed by atoms with Gasteiger partial charge >= 0.3 is 5.97 Å². The van der Waals surface area contributed by atoms with Gasteiger partial charge in [0.05, 0.1) is 11.3 Å². The Morgan fingerprint density at radius 3 is 2.64 bits per heavy atom. The van der Waals surface area contributed by atoms with Crippen LogP contribution < -0.4 is 15.4 Å². The summed E-state index contributed by atoms with van der Waals surface area (Å²) in [5, 5.41) is 14.3. The van der Waals surface area contributed by atoms with Crippen LogP contribution in [0.4, 0.5) is 0 Å². The lowest BCUT2D eigenvalue weighted by atomic mass is 9.99. The minimum absolute atomic E-state index is 0.0148. The van der Waals surface area contributed by atoms with Crippen LogP contribution in [-0.2, 0) is 14.8 Å². The number of benzene rings is 1. The number of carbonyl (C=O) groups is 2. The summed E-state index contributed by atoms with van der Waals surface area (Å²) in [6.45, 7) is 2.13. The minimum Gasteiger partial charge on any atom is -0.481 e. The smallest absolute Gasteiger partial charge is 0.305 e. The quantitative estimate of drug-likeness (QED) is 0.518. The van der Waals surface area contributed by atoms with Crippen molar-refractivity contribution in [3.8, 4) is 0 Å². The summed E-state index contributed by atoms with van der Waals surface area (Å²) in [5.41, 5.74) is 0.176. The first-order valence-electron chi connectivity index (χ1n) is 8.19. The number of carboxylic acids is 1. The van der Waals surface area contributed by atoms with Gasteiger partial charge in [0, 0.05) is 18.7 Å². The van der Waals surface area contributed by atoms with Gasteiger partial charge in [0.15, 0.2) is 0 Å². The second-order valence-corrected chi connectivity index (χ2v) is 7.74. The Balaban J connectivity index is 1.98. The van der Waals surface area contributed by atoms with Crippen LogP contribution in [0.15, 0.2) is 29.2 Å². The van der Waals surface area contributed by atoms with Crippen molar-refractivity contribution in [3.63, 3.8) is 0 Å². The van der Waals surface area contributed by atoms with Crippen LogP contribution in [0, 0.1) is 5.92 Å². The topological polar surface area (TPSA) is 125 Å². The monoisotopic (exact) mass is 369 g/mol. The van der Waals surface area contributed by atoms with Gasteiger partial charge in [-0.3, -0.25) is 9.59 Å². The van der Waals surface area contributed by atoms with Crippen LogP contribution in [0.5, 0.6) is 0 Å². The maximum atomic E-state index is 12.4. The standard InChI is InChI=1S/C16H23N3O5S/c20-15(21)6-9-18-16(22)13-2-1-3-14(10-13)25(23,24)19-11-12-4-7-17-8-5-12/h1-3,10,12,17,19H,4-9,11H2,(H,18,22)(H,20,21). The fraction of sp³-hybridized carbons (Fsp3) is 0.500. The highest BCUT2D eigenvalue weighted by Gasteiger charge is 2.19. The molecule has 9 heteroatoms. The van der Waals surface area contributed by atoms with E-state index in [0.29, 0.717) is 12.5 Å². The molecule has 1 aliphatic heterocycles. The molecule has 1 amide bonds. The molecule has 0 unspecified atom stereocenters. The summed E-state index contributed by atoms with van der Waals surface area (Å²) in [7, 11) is -3.69. The van der Waals surface area contributed by atoms with Gasteiger partial charge in [0.1, 0.15) is 0 Å².